The van der Waals surface area contributed by atoms with E-state index >= 15 is 0 Å². The van der Waals surface area contributed by atoms with Crippen LogP contribution in [-0.4, -0.2) is 11.1 Å². The lowest BCUT2D eigenvalue weighted by molar-refractivity contribution is -0.148. The highest BCUT2D eigenvalue weighted by Crippen LogP contribution is 2.30. The first kappa shape index (κ1) is 13.2. The van der Waals surface area contributed by atoms with Gasteiger partial charge in [0, 0.05) is 0 Å². The number of carbonyl (C=O) groups is 1. The van der Waals surface area contributed by atoms with E-state index in [0.717, 1.165) is 12.0 Å². The van der Waals surface area contributed by atoms with Crippen LogP contribution >= 0.6 is 0 Å². The van der Waals surface area contributed by atoms with Gasteiger partial charge in [0.05, 0.1) is 5.41 Å². The van der Waals surface area contributed by atoms with Gasteiger partial charge in [0.15, 0.2) is 0 Å². The summed E-state index contributed by atoms with van der Waals surface area (Å²) in [4.78, 5) is 11.0. The molecule has 0 saturated carbocycles. The minimum Gasteiger partial charge on any atom is -0.481 e. The fraction of sp³-hybridized carbons (Fsp3) is 0.750. The molecule has 0 rings (SSSR count). The number of aliphatic carboxylic acids is 1. The summed E-state index contributed by atoms with van der Waals surface area (Å²) < 4.78 is 0. The molecule has 2 heteroatoms. The zero-order chi connectivity index (χ0) is 11.4. The second-order valence-corrected chi connectivity index (χ2v) is 4.53. The molecule has 0 radical (unpaired) electrons. The molecule has 0 aromatic rings. The van der Waals surface area contributed by atoms with Crippen LogP contribution in [0.2, 0.25) is 0 Å². The van der Waals surface area contributed by atoms with Crippen LogP contribution in [0.15, 0.2) is 12.2 Å². The van der Waals surface area contributed by atoms with E-state index in [1.807, 2.05) is 13.8 Å². The van der Waals surface area contributed by atoms with Crippen molar-refractivity contribution in [1.29, 1.82) is 0 Å². The highest BCUT2D eigenvalue weighted by Gasteiger charge is 2.30. The predicted molar refractivity (Wildman–Crippen MR) is 59.2 cm³/mol. The summed E-state index contributed by atoms with van der Waals surface area (Å²) in [6, 6.07) is 0. The first-order valence-electron chi connectivity index (χ1n) is 5.24. The van der Waals surface area contributed by atoms with Gasteiger partial charge in [-0.2, -0.15) is 0 Å². The Morgan fingerprint density at radius 2 is 2.00 bits per heavy atom. The van der Waals surface area contributed by atoms with Crippen molar-refractivity contribution in [2.75, 3.05) is 0 Å². The maximum Gasteiger partial charge on any atom is 0.309 e. The maximum atomic E-state index is 11.0. The quantitative estimate of drug-likeness (QED) is 0.663. The third kappa shape index (κ3) is 3.52. The van der Waals surface area contributed by atoms with E-state index < -0.39 is 11.4 Å². The summed E-state index contributed by atoms with van der Waals surface area (Å²) in [5.74, 6) is -0.249. The van der Waals surface area contributed by atoms with Crippen molar-refractivity contribution in [1.82, 2.24) is 0 Å². The monoisotopic (exact) mass is 198 g/mol. The molecule has 0 saturated heterocycles. The Kier molecular flexibility index (Phi) is 4.89. The van der Waals surface area contributed by atoms with Crippen molar-refractivity contribution in [3.8, 4) is 0 Å². The van der Waals surface area contributed by atoms with Gasteiger partial charge in [-0.25, -0.2) is 0 Å². The van der Waals surface area contributed by atoms with Crippen LogP contribution in [0.5, 0.6) is 0 Å². The zero-order valence-electron chi connectivity index (χ0n) is 9.76. The molecule has 1 N–H and O–H groups in total. The summed E-state index contributed by atoms with van der Waals surface area (Å²) in [7, 11) is 0. The minimum absolute atomic E-state index is 0.449. The van der Waals surface area contributed by atoms with Crippen LogP contribution in [0.4, 0.5) is 0 Å². The van der Waals surface area contributed by atoms with Crippen LogP contribution in [-0.2, 0) is 4.79 Å². The molecule has 0 amide bonds. The lowest BCUT2D eigenvalue weighted by Gasteiger charge is -2.23. The van der Waals surface area contributed by atoms with Gasteiger partial charge < -0.3 is 5.11 Å². The smallest absolute Gasteiger partial charge is 0.309 e. The summed E-state index contributed by atoms with van der Waals surface area (Å²) in [6.07, 6.45) is 2.18. The lowest BCUT2D eigenvalue weighted by atomic mass is 9.81. The summed E-state index contributed by atoms with van der Waals surface area (Å²) in [6.45, 7) is 11.9. The molecule has 2 nitrogen and oxygen atoms in total. The molecule has 1 atom stereocenters. The summed E-state index contributed by atoms with van der Waals surface area (Å²) in [5.41, 5.74) is 0.559. The van der Waals surface area contributed by atoms with E-state index in [1.165, 1.54) is 0 Å². The van der Waals surface area contributed by atoms with E-state index in [1.54, 1.807) is 0 Å². The van der Waals surface area contributed by atoms with E-state index in [9.17, 15) is 4.79 Å². The molecule has 82 valence electrons. The molecule has 0 aliphatic rings. The molecule has 0 fully saturated rings. The molecule has 0 unspecified atom stereocenters. The van der Waals surface area contributed by atoms with Crippen LogP contribution in [0.25, 0.3) is 0 Å². The van der Waals surface area contributed by atoms with Crippen LogP contribution < -0.4 is 0 Å². The Bertz CT molecular complexity index is 218. The third-order valence-corrected chi connectivity index (χ3v) is 3.11. The Morgan fingerprint density at radius 1 is 1.50 bits per heavy atom. The third-order valence-electron chi connectivity index (χ3n) is 3.11. The second-order valence-electron chi connectivity index (χ2n) is 4.53. The van der Waals surface area contributed by atoms with E-state index in [2.05, 4.69) is 20.4 Å². The number of carboxylic acids is 1. The van der Waals surface area contributed by atoms with Gasteiger partial charge >= 0.3 is 5.97 Å². The average Bonchev–Trinajstić information content (AvgIpc) is 2.12. The predicted octanol–water partition coefficient (Wildman–Crippen LogP) is 3.48. The fourth-order valence-corrected chi connectivity index (χ4v) is 1.16. The Morgan fingerprint density at radius 3 is 2.29 bits per heavy atom. The van der Waals surface area contributed by atoms with Gasteiger partial charge in [-0.3, -0.25) is 4.79 Å². The first-order valence-corrected chi connectivity index (χ1v) is 5.24. The molecule has 0 bridgehead atoms. The molecule has 0 aromatic heterocycles. The van der Waals surface area contributed by atoms with Gasteiger partial charge in [-0.15, -0.1) is 0 Å². The molecule has 0 aliphatic carbocycles. The summed E-state index contributed by atoms with van der Waals surface area (Å²) in [5, 5.41) is 9.05. The topological polar surface area (TPSA) is 37.3 Å². The van der Waals surface area contributed by atoms with Crippen molar-refractivity contribution in [2.45, 2.75) is 47.0 Å². The number of rotatable bonds is 6. The maximum absolute atomic E-state index is 11.0. The lowest BCUT2D eigenvalue weighted by Crippen LogP contribution is -2.26. The van der Waals surface area contributed by atoms with Gasteiger partial charge in [-0.05, 0) is 32.1 Å². The number of hydrogen-bond acceptors (Lipinski definition) is 1. The number of allylic oxidation sites excluding steroid dienone is 1. The molecule has 0 spiro atoms. The molecular weight excluding hydrogens is 176 g/mol. The van der Waals surface area contributed by atoms with Gasteiger partial charge in [0.25, 0.3) is 0 Å². The zero-order valence-corrected chi connectivity index (χ0v) is 9.76. The number of carboxylic acid groups (broad SMARTS) is 1. The fourth-order valence-electron chi connectivity index (χ4n) is 1.16. The minimum atomic E-state index is -0.698. The first-order chi connectivity index (χ1) is 6.33. The van der Waals surface area contributed by atoms with Crippen molar-refractivity contribution in [3.05, 3.63) is 12.2 Å². The molecule has 0 aliphatic heterocycles. The number of hydrogen-bond donors (Lipinski definition) is 1. The molecule has 0 aromatic carbocycles. The Hall–Kier alpha value is -0.790. The van der Waals surface area contributed by atoms with Crippen molar-refractivity contribution in [3.63, 3.8) is 0 Å². The van der Waals surface area contributed by atoms with E-state index in [0.29, 0.717) is 18.8 Å². The highest BCUT2D eigenvalue weighted by molar-refractivity contribution is 5.74. The van der Waals surface area contributed by atoms with Gasteiger partial charge in [-0.1, -0.05) is 32.9 Å². The van der Waals surface area contributed by atoms with Crippen LogP contribution in [0.3, 0.4) is 0 Å². The second kappa shape index (κ2) is 5.18. The van der Waals surface area contributed by atoms with Gasteiger partial charge in [0.2, 0.25) is 0 Å². The van der Waals surface area contributed by atoms with Crippen LogP contribution in [0, 0.1) is 11.3 Å². The Balaban J connectivity index is 4.22. The summed E-state index contributed by atoms with van der Waals surface area (Å²) >= 11 is 0. The SMILES string of the molecule is C=C(CC[C@](C)(CC)C(=O)O)C(C)C. The largest absolute Gasteiger partial charge is 0.481 e. The average molecular weight is 198 g/mol. The van der Waals surface area contributed by atoms with Crippen LogP contribution in [0.1, 0.15) is 47.0 Å². The van der Waals surface area contributed by atoms with E-state index in [-0.39, 0.29) is 0 Å². The highest BCUT2D eigenvalue weighted by atomic mass is 16.4. The molecule has 14 heavy (non-hydrogen) atoms. The van der Waals surface area contributed by atoms with Crippen molar-refractivity contribution < 1.29 is 9.90 Å². The normalized spacial score (nSPS) is 15.2. The van der Waals surface area contributed by atoms with E-state index in [4.69, 9.17) is 5.11 Å². The van der Waals surface area contributed by atoms with Crippen molar-refractivity contribution in [2.24, 2.45) is 11.3 Å². The molecular formula is C12H22O2. The standard InChI is InChI=1S/C12H22O2/c1-6-12(5,11(13)14)8-7-10(4)9(2)3/h9H,4,6-8H2,1-3,5H3,(H,13,14)/t12-/m0/s1. The Labute approximate surface area is 87.0 Å². The molecule has 0 heterocycles. The van der Waals surface area contributed by atoms with Crippen molar-refractivity contribution >= 4 is 5.97 Å². The van der Waals surface area contributed by atoms with Gasteiger partial charge in [0.1, 0.15) is 0 Å².